The molecule has 0 aromatic heterocycles. The first-order chi connectivity index (χ1) is 8.01. The van der Waals surface area contributed by atoms with Gasteiger partial charge in [0.25, 0.3) is 0 Å². The Morgan fingerprint density at radius 1 is 1.18 bits per heavy atom. The van der Waals surface area contributed by atoms with E-state index in [9.17, 15) is 5.11 Å². The number of rotatable bonds is 9. The Hall–Kier alpha value is -0.563. The normalized spacial score (nSPS) is 13.5. The Labute approximate surface area is 105 Å². The van der Waals surface area contributed by atoms with E-state index in [-0.39, 0.29) is 5.76 Å². The predicted octanol–water partition coefficient (Wildman–Crippen LogP) is 2.17. The highest BCUT2D eigenvalue weighted by molar-refractivity contribution is 6.61. The van der Waals surface area contributed by atoms with Crippen molar-refractivity contribution in [1.29, 1.82) is 0 Å². The Kier molecular flexibility index (Phi) is 8.23. The number of nitrogens with two attached hydrogens (primary N) is 1. The van der Waals surface area contributed by atoms with Crippen LogP contribution in [0, 0.1) is 0 Å². The first kappa shape index (κ1) is 16.4. The Balaban J connectivity index is 4.81. The Bertz CT molecular complexity index is 236. The summed E-state index contributed by atoms with van der Waals surface area (Å²) in [5.74, 6) is 0.601. The van der Waals surface area contributed by atoms with Crippen molar-refractivity contribution >= 4 is 8.80 Å². The van der Waals surface area contributed by atoms with Gasteiger partial charge < -0.3 is 24.1 Å². The second-order valence-electron chi connectivity index (χ2n) is 3.68. The number of aliphatic hydroxyl groups excluding tert-OH is 1. The predicted molar refractivity (Wildman–Crippen MR) is 69.6 cm³/mol. The minimum Gasteiger partial charge on any atom is -0.509 e. The summed E-state index contributed by atoms with van der Waals surface area (Å²) in [6.07, 6.45) is 0.782. The molecule has 0 fully saturated rings. The van der Waals surface area contributed by atoms with Crippen LogP contribution in [0.15, 0.2) is 11.5 Å². The van der Waals surface area contributed by atoms with E-state index in [0.29, 0.717) is 31.6 Å². The van der Waals surface area contributed by atoms with Gasteiger partial charge in [0.15, 0.2) is 0 Å². The molecule has 0 rings (SSSR count). The molecule has 5 nitrogen and oxygen atoms in total. The minimum atomic E-state index is -2.74. The fourth-order valence-electron chi connectivity index (χ4n) is 1.36. The van der Waals surface area contributed by atoms with Crippen molar-refractivity contribution in [2.45, 2.75) is 40.2 Å². The van der Waals surface area contributed by atoms with Gasteiger partial charge in [0.05, 0.1) is 0 Å². The molecule has 0 saturated carbocycles. The molecule has 0 aliphatic rings. The van der Waals surface area contributed by atoms with Crippen LogP contribution in [0.2, 0.25) is 6.04 Å². The molecule has 17 heavy (non-hydrogen) atoms. The van der Waals surface area contributed by atoms with Gasteiger partial charge in [-0.25, -0.2) is 0 Å². The fourth-order valence-corrected chi connectivity index (χ4v) is 4.08. The van der Waals surface area contributed by atoms with E-state index in [4.69, 9.17) is 19.0 Å². The zero-order valence-electron chi connectivity index (χ0n) is 11.3. The lowest BCUT2D eigenvalue weighted by molar-refractivity contribution is 0.0876. The van der Waals surface area contributed by atoms with Crippen molar-refractivity contribution in [1.82, 2.24) is 0 Å². The van der Waals surface area contributed by atoms with Gasteiger partial charge in [-0.2, -0.15) is 0 Å². The lowest BCUT2D eigenvalue weighted by atomic mass is 10.5. The van der Waals surface area contributed by atoms with E-state index in [1.165, 1.54) is 0 Å². The Morgan fingerprint density at radius 2 is 1.71 bits per heavy atom. The van der Waals surface area contributed by atoms with Crippen molar-refractivity contribution in [3.63, 3.8) is 0 Å². The third kappa shape index (κ3) is 6.07. The summed E-state index contributed by atoms with van der Waals surface area (Å²) >= 11 is 0. The molecule has 0 aromatic rings. The van der Waals surface area contributed by atoms with E-state index in [1.807, 2.05) is 13.8 Å². The number of aliphatic hydroxyl groups is 1. The maximum absolute atomic E-state index is 9.39. The summed E-state index contributed by atoms with van der Waals surface area (Å²) in [5.41, 5.74) is 5.51. The lowest BCUT2D eigenvalue weighted by Gasteiger charge is -2.29. The number of hydrogen-bond acceptors (Lipinski definition) is 5. The van der Waals surface area contributed by atoms with Crippen molar-refractivity contribution in [3.05, 3.63) is 11.5 Å². The molecule has 0 amide bonds. The first-order valence-electron chi connectivity index (χ1n) is 6.04. The molecule has 102 valence electrons. The molecule has 0 aromatic carbocycles. The topological polar surface area (TPSA) is 73.9 Å². The van der Waals surface area contributed by atoms with Gasteiger partial charge in [0.2, 0.25) is 0 Å². The van der Waals surface area contributed by atoms with Crippen LogP contribution in [0.25, 0.3) is 0 Å². The monoisotopic (exact) mass is 263 g/mol. The molecule has 0 saturated heterocycles. The number of allylic oxidation sites excluding steroid dienone is 2. The van der Waals surface area contributed by atoms with E-state index < -0.39 is 8.80 Å². The highest BCUT2D eigenvalue weighted by atomic mass is 28.4. The van der Waals surface area contributed by atoms with Crippen LogP contribution in [0.5, 0.6) is 0 Å². The summed E-state index contributed by atoms with van der Waals surface area (Å²) in [5, 5.41) is 9.39. The molecule has 6 heteroatoms. The van der Waals surface area contributed by atoms with Crippen LogP contribution in [0.1, 0.15) is 34.1 Å². The van der Waals surface area contributed by atoms with Gasteiger partial charge in [0.1, 0.15) is 11.5 Å². The van der Waals surface area contributed by atoms with E-state index >= 15 is 0 Å². The molecular weight excluding hydrogens is 238 g/mol. The molecule has 0 bridgehead atoms. The van der Waals surface area contributed by atoms with Gasteiger partial charge in [-0.05, 0) is 40.7 Å². The average molecular weight is 263 g/mol. The molecule has 0 spiro atoms. The van der Waals surface area contributed by atoms with Gasteiger partial charge in [-0.1, -0.05) is 0 Å². The van der Waals surface area contributed by atoms with Crippen molar-refractivity contribution in [3.8, 4) is 0 Å². The average Bonchev–Trinajstić information content (AvgIpc) is 2.27. The third-order valence-corrected chi connectivity index (χ3v) is 5.27. The van der Waals surface area contributed by atoms with Crippen LogP contribution >= 0.6 is 0 Å². The maximum Gasteiger partial charge on any atom is 0.565 e. The highest BCUT2D eigenvalue weighted by Crippen LogP contribution is 2.22. The largest absolute Gasteiger partial charge is 0.565 e. The third-order valence-electron chi connectivity index (χ3n) is 2.23. The van der Waals surface area contributed by atoms with Crippen LogP contribution in [-0.4, -0.2) is 33.7 Å². The summed E-state index contributed by atoms with van der Waals surface area (Å²) in [6.45, 7) is 8.70. The van der Waals surface area contributed by atoms with Gasteiger partial charge >= 0.3 is 8.80 Å². The van der Waals surface area contributed by atoms with Crippen molar-refractivity contribution in [2.75, 3.05) is 19.8 Å². The van der Waals surface area contributed by atoms with Gasteiger partial charge in [-0.3, -0.25) is 0 Å². The molecule has 0 aliphatic carbocycles. The van der Waals surface area contributed by atoms with Crippen LogP contribution in [0.4, 0.5) is 0 Å². The van der Waals surface area contributed by atoms with Crippen LogP contribution in [-0.2, 0) is 13.3 Å². The van der Waals surface area contributed by atoms with Gasteiger partial charge in [0, 0.05) is 19.3 Å². The SMILES string of the molecule is CCO[Si](CCCN)(OCC)O/C(C)=C(/C)O. The number of hydrogen-bond donors (Lipinski definition) is 2. The molecular formula is C11H25NO4Si. The van der Waals surface area contributed by atoms with E-state index in [0.717, 1.165) is 6.42 Å². The zero-order chi connectivity index (χ0) is 13.3. The highest BCUT2D eigenvalue weighted by Gasteiger charge is 2.42. The van der Waals surface area contributed by atoms with Gasteiger partial charge in [-0.15, -0.1) is 0 Å². The first-order valence-corrected chi connectivity index (χ1v) is 7.98. The Morgan fingerprint density at radius 3 is 2.06 bits per heavy atom. The quantitative estimate of drug-likeness (QED) is 0.492. The summed E-state index contributed by atoms with van der Waals surface area (Å²) < 4.78 is 17.1. The van der Waals surface area contributed by atoms with E-state index in [2.05, 4.69) is 0 Å². The molecule has 0 aliphatic heterocycles. The lowest BCUT2D eigenvalue weighted by Crippen LogP contribution is -2.46. The minimum absolute atomic E-state index is 0.147. The second-order valence-corrected chi connectivity index (χ2v) is 6.33. The van der Waals surface area contributed by atoms with Crippen molar-refractivity contribution in [2.24, 2.45) is 5.73 Å². The molecule has 3 N–H and O–H groups in total. The molecule has 0 atom stereocenters. The summed E-state index contributed by atoms with van der Waals surface area (Å²) in [6, 6.07) is 0.663. The van der Waals surface area contributed by atoms with Crippen LogP contribution < -0.4 is 5.73 Å². The molecule has 0 unspecified atom stereocenters. The second kappa shape index (κ2) is 8.52. The van der Waals surface area contributed by atoms with Crippen molar-refractivity contribution < 1.29 is 18.4 Å². The molecule has 0 heterocycles. The summed E-state index contributed by atoms with van der Waals surface area (Å²) in [7, 11) is -2.74. The van der Waals surface area contributed by atoms with E-state index in [1.54, 1.807) is 13.8 Å². The smallest absolute Gasteiger partial charge is 0.509 e. The zero-order valence-corrected chi connectivity index (χ0v) is 12.3. The molecule has 0 radical (unpaired) electrons. The maximum atomic E-state index is 9.39. The fraction of sp³-hybridized carbons (Fsp3) is 0.818. The summed E-state index contributed by atoms with van der Waals surface area (Å²) in [4.78, 5) is 0. The van der Waals surface area contributed by atoms with Crippen LogP contribution in [0.3, 0.4) is 0 Å². The standard InChI is InChI=1S/C11H25NO4Si/c1-5-14-17(15-6-2,9-7-8-12)16-11(4)10(3)13/h13H,5-9,12H2,1-4H3/b11-10-.